The van der Waals surface area contributed by atoms with Gasteiger partial charge in [-0.05, 0) is 24.8 Å². The molecule has 0 heterocycles. The van der Waals surface area contributed by atoms with Crippen LogP contribution >= 0.6 is 0 Å². The molecule has 2 N–H and O–H groups in total. The quantitative estimate of drug-likeness (QED) is 0.715. The molecular formula is C16H21NO3. The van der Waals surface area contributed by atoms with Gasteiger partial charge in [-0.2, -0.15) is 0 Å². The molecule has 1 aliphatic carbocycles. The topological polar surface area (TPSA) is 66.4 Å². The number of rotatable bonds is 8. The molecule has 0 saturated heterocycles. The summed E-state index contributed by atoms with van der Waals surface area (Å²) in [7, 11) is 0. The number of Topliss-reactive ketones (excluding diaryl/α,β-unsaturated/α-hetero) is 1. The Morgan fingerprint density at radius 3 is 2.45 bits per heavy atom. The largest absolute Gasteiger partial charge is 0.481 e. The van der Waals surface area contributed by atoms with Gasteiger partial charge in [0, 0.05) is 11.6 Å². The van der Waals surface area contributed by atoms with Crippen molar-refractivity contribution in [3.05, 3.63) is 35.4 Å². The molecule has 1 atom stereocenters. The fourth-order valence-corrected chi connectivity index (χ4v) is 2.26. The Morgan fingerprint density at radius 1 is 1.30 bits per heavy atom. The zero-order valence-electron chi connectivity index (χ0n) is 11.8. The first-order valence-electron chi connectivity index (χ1n) is 7.21. The van der Waals surface area contributed by atoms with Gasteiger partial charge in [0.1, 0.15) is 0 Å². The third-order valence-corrected chi connectivity index (χ3v) is 3.49. The number of carbonyl (C=O) groups is 2. The lowest BCUT2D eigenvalue weighted by Gasteiger charge is -2.15. The first-order chi connectivity index (χ1) is 9.60. The van der Waals surface area contributed by atoms with Crippen molar-refractivity contribution in [1.82, 2.24) is 5.32 Å². The molecule has 1 aromatic rings. The predicted molar refractivity (Wildman–Crippen MR) is 77.0 cm³/mol. The number of nitrogens with one attached hydrogen (secondary N) is 1. The zero-order valence-corrected chi connectivity index (χ0v) is 11.8. The van der Waals surface area contributed by atoms with E-state index in [1.165, 1.54) is 5.56 Å². The smallest absolute Gasteiger partial charge is 0.305 e. The average molecular weight is 275 g/mol. The Morgan fingerprint density at radius 2 is 1.95 bits per heavy atom. The molecular weight excluding hydrogens is 254 g/mol. The van der Waals surface area contributed by atoms with E-state index in [1.54, 1.807) is 12.1 Å². The monoisotopic (exact) mass is 275 g/mol. The van der Waals surface area contributed by atoms with Crippen LogP contribution in [0.25, 0.3) is 0 Å². The zero-order chi connectivity index (χ0) is 14.5. The predicted octanol–water partition coefficient (Wildman–Crippen LogP) is 2.42. The highest BCUT2D eigenvalue weighted by Gasteiger charge is 2.30. The summed E-state index contributed by atoms with van der Waals surface area (Å²) in [5.41, 5.74) is 1.79. The number of ketones is 1. The minimum atomic E-state index is -0.945. The highest BCUT2D eigenvalue weighted by molar-refractivity contribution is 6.01. The van der Waals surface area contributed by atoms with Gasteiger partial charge >= 0.3 is 5.97 Å². The van der Waals surface area contributed by atoms with E-state index in [0.29, 0.717) is 11.6 Å². The molecule has 1 aliphatic rings. The lowest BCUT2D eigenvalue weighted by atomic mass is 9.99. The maximum Gasteiger partial charge on any atom is 0.305 e. The molecule has 2 rings (SSSR count). The summed E-state index contributed by atoms with van der Waals surface area (Å²) in [5, 5.41) is 12.1. The van der Waals surface area contributed by atoms with E-state index in [-0.39, 0.29) is 12.2 Å². The van der Waals surface area contributed by atoms with Crippen LogP contribution in [-0.2, 0) is 11.2 Å². The van der Waals surface area contributed by atoms with Crippen LogP contribution in [-0.4, -0.2) is 28.9 Å². The Bertz CT molecular complexity index is 477. The Labute approximate surface area is 119 Å². The van der Waals surface area contributed by atoms with E-state index in [2.05, 4.69) is 12.2 Å². The van der Waals surface area contributed by atoms with Crippen LogP contribution in [0.1, 0.15) is 48.5 Å². The SMILES string of the molecule is CCCc1ccc(C(=O)C(CC(=O)O)NC2CC2)cc1. The van der Waals surface area contributed by atoms with Crippen LogP contribution in [0, 0.1) is 0 Å². The van der Waals surface area contributed by atoms with Crippen molar-refractivity contribution in [3.8, 4) is 0 Å². The highest BCUT2D eigenvalue weighted by atomic mass is 16.4. The first kappa shape index (κ1) is 14.7. The number of carboxylic acid groups (broad SMARTS) is 1. The molecule has 0 radical (unpaired) electrons. The third-order valence-electron chi connectivity index (χ3n) is 3.49. The van der Waals surface area contributed by atoms with Gasteiger partial charge in [0.25, 0.3) is 0 Å². The molecule has 0 amide bonds. The van der Waals surface area contributed by atoms with Crippen molar-refractivity contribution >= 4 is 11.8 Å². The van der Waals surface area contributed by atoms with Crippen molar-refractivity contribution in [2.24, 2.45) is 0 Å². The second-order valence-corrected chi connectivity index (χ2v) is 5.40. The minimum absolute atomic E-state index is 0.123. The molecule has 4 nitrogen and oxygen atoms in total. The number of carbonyl (C=O) groups excluding carboxylic acids is 1. The van der Waals surface area contributed by atoms with Gasteiger partial charge in [-0.1, -0.05) is 37.6 Å². The number of aryl methyl sites for hydroxylation is 1. The normalized spacial score (nSPS) is 15.8. The lowest BCUT2D eigenvalue weighted by molar-refractivity contribution is -0.137. The number of aliphatic carboxylic acids is 1. The van der Waals surface area contributed by atoms with Crippen LogP contribution in [0.15, 0.2) is 24.3 Å². The van der Waals surface area contributed by atoms with E-state index in [4.69, 9.17) is 5.11 Å². The molecule has 1 fully saturated rings. The summed E-state index contributed by atoms with van der Waals surface area (Å²) in [6.45, 7) is 2.11. The van der Waals surface area contributed by atoms with Gasteiger partial charge < -0.3 is 10.4 Å². The average Bonchev–Trinajstić information content (AvgIpc) is 3.22. The van der Waals surface area contributed by atoms with Crippen LogP contribution in [0.3, 0.4) is 0 Å². The van der Waals surface area contributed by atoms with Gasteiger partial charge in [-0.3, -0.25) is 9.59 Å². The summed E-state index contributed by atoms with van der Waals surface area (Å²) >= 11 is 0. The van der Waals surface area contributed by atoms with Crippen LogP contribution in [0.4, 0.5) is 0 Å². The van der Waals surface area contributed by atoms with Crippen LogP contribution in [0.2, 0.25) is 0 Å². The number of benzene rings is 1. The number of hydrogen-bond donors (Lipinski definition) is 2. The van der Waals surface area contributed by atoms with Crippen molar-refractivity contribution < 1.29 is 14.7 Å². The molecule has 0 aliphatic heterocycles. The van der Waals surface area contributed by atoms with Gasteiger partial charge in [0.15, 0.2) is 5.78 Å². The molecule has 0 aromatic heterocycles. The molecule has 0 spiro atoms. The van der Waals surface area contributed by atoms with Gasteiger partial charge in [0.05, 0.1) is 12.5 Å². The van der Waals surface area contributed by atoms with Gasteiger partial charge in [-0.15, -0.1) is 0 Å². The summed E-state index contributed by atoms with van der Waals surface area (Å²) in [5.74, 6) is -1.07. The second-order valence-electron chi connectivity index (χ2n) is 5.40. The van der Waals surface area contributed by atoms with Crippen molar-refractivity contribution in [2.45, 2.75) is 51.1 Å². The summed E-state index contributed by atoms with van der Waals surface area (Å²) in [6.07, 6.45) is 3.95. The maximum absolute atomic E-state index is 12.4. The lowest BCUT2D eigenvalue weighted by Crippen LogP contribution is -2.40. The van der Waals surface area contributed by atoms with E-state index >= 15 is 0 Å². The summed E-state index contributed by atoms with van der Waals surface area (Å²) in [4.78, 5) is 23.3. The fraction of sp³-hybridized carbons (Fsp3) is 0.500. The molecule has 1 unspecified atom stereocenters. The van der Waals surface area contributed by atoms with E-state index in [0.717, 1.165) is 25.7 Å². The fourth-order valence-electron chi connectivity index (χ4n) is 2.26. The van der Waals surface area contributed by atoms with Crippen molar-refractivity contribution in [1.29, 1.82) is 0 Å². The van der Waals surface area contributed by atoms with Gasteiger partial charge in [0.2, 0.25) is 0 Å². The number of carboxylic acids is 1. The third kappa shape index (κ3) is 4.17. The van der Waals surface area contributed by atoms with Crippen LogP contribution < -0.4 is 5.32 Å². The molecule has 1 saturated carbocycles. The van der Waals surface area contributed by atoms with Crippen LogP contribution in [0.5, 0.6) is 0 Å². The summed E-state index contributed by atoms with van der Waals surface area (Å²) in [6, 6.07) is 7.20. The summed E-state index contributed by atoms with van der Waals surface area (Å²) < 4.78 is 0. The van der Waals surface area contributed by atoms with Gasteiger partial charge in [-0.25, -0.2) is 0 Å². The Hall–Kier alpha value is -1.68. The Balaban J connectivity index is 2.06. The van der Waals surface area contributed by atoms with E-state index in [9.17, 15) is 9.59 Å². The molecule has 20 heavy (non-hydrogen) atoms. The standard InChI is InChI=1S/C16H21NO3/c1-2-3-11-4-6-12(7-5-11)16(20)14(10-15(18)19)17-13-8-9-13/h4-7,13-14,17H,2-3,8-10H2,1H3,(H,18,19). The van der Waals surface area contributed by atoms with Crippen molar-refractivity contribution in [2.75, 3.05) is 0 Å². The molecule has 0 bridgehead atoms. The van der Waals surface area contributed by atoms with E-state index in [1.807, 2.05) is 12.1 Å². The maximum atomic E-state index is 12.4. The minimum Gasteiger partial charge on any atom is -0.481 e. The molecule has 1 aromatic carbocycles. The van der Waals surface area contributed by atoms with Crippen molar-refractivity contribution in [3.63, 3.8) is 0 Å². The second kappa shape index (κ2) is 6.66. The highest BCUT2D eigenvalue weighted by Crippen LogP contribution is 2.21. The first-order valence-corrected chi connectivity index (χ1v) is 7.21. The van der Waals surface area contributed by atoms with E-state index < -0.39 is 12.0 Å². The number of hydrogen-bond acceptors (Lipinski definition) is 3. The Kier molecular flexibility index (Phi) is 4.90. The molecule has 4 heteroatoms. The molecule has 108 valence electrons.